The van der Waals surface area contributed by atoms with E-state index in [1.165, 1.54) is 122 Å². The summed E-state index contributed by atoms with van der Waals surface area (Å²) in [7, 11) is 0. The Balaban J connectivity index is 0.873. The van der Waals surface area contributed by atoms with Crippen LogP contribution < -0.4 is 0 Å². The Labute approximate surface area is 347 Å². The van der Waals surface area contributed by atoms with Crippen LogP contribution in [0, 0.1) is 0 Å². The summed E-state index contributed by atoms with van der Waals surface area (Å²) >= 11 is 0. The molecule has 59 heavy (non-hydrogen) atoms. The van der Waals surface area contributed by atoms with Crippen LogP contribution in [0.15, 0.2) is 170 Å². The van der Waals surface area contributed by atoms with Crippen LogP contribution in [-0.4, -0.2) is 0 Å². The van der Waals surface area contributed by atoms with Crippen LogP contribution in [0.4, 0.5) is 0 Å². The van der Waals surface area contributed by atoms with Gasteiger partial charge in [-0.05, 0) is 158 Å². The van der Waals surface area contributed by atoms with E-state index in [4.69, 9.17) is 0 Å². The highest BCUT2D eigenvalue weighted by Gasteiger charge is 2.39. The lowest BCUT2D eigenvalue weighted by atomic mass is 9.79. The van der Waals surface area contributed by atoms with Gasteiger partial charge in [-0.1, -0.05) is 175 Å². The molecule has 0 aliphatic heterocycles. The third-order valence-corrected chi connectivity index (χ3v) is 14.7. The second kappa shape index (κ2) is 11.8. The second-order valence-corrected chi connectivity index (χ2v) is 18.9. The molecule has 0 spiro atoms. The maximum Gasteiger partial charge on any atom is 0.0159 e. The first-order valence-corrected chi connectivity index (χ1v) is 21.2. The van der Waals surface area contributed by atoms with Gasteiger partial charge in [-0.25, -0.2) is 0 Å². The van der Waals surface area contributed by atoms with Crippen molar-refractivity contribution in [1.82, 2.24) is 0 Å². The van der Waals surface area contributed by atoms with Gasteiger partial charge in [0.05, 0.1) is 0 Å². The summed E-state index contributed by atoms with van der Waals surface area (Å²) in [6.45, 7) is 14.4. The Hall–Kier alpha value is -6.50. The summed E-state index contributed by atoms with van der Waals surface area (Å²) < 4.78 is 0. The van der Waals surface area contributed by atoms with Gasteiger partial charge in [-0.2, -0.15) is 0 Å². The van der Waals surface area contributed by atoms with E-state index in [9.17, 15) is 0 Å². The third kappa shape index (κ3) is 4.78. The van der Waals surface area contributed by atoms with Crippen molar-refractivity contribution in [3.63, 3.8) is 0 Å². The maximum absolute atomic E-state index is 2.47. The van der Waals surface area contributed by atoms with Crippen molar-refractivity contribution in [3.05, 3.63) is 203 Å². The lowest BCUT2D eigenvalue weighted by molar-refractivity contribution is 0.659. The van der Waals surface area contributed by atoms with E-state index in [0.717, 1.165) is 0 Å². The van der Waals surface area contributed by atoms with Crippen LogP contribution >= 0.6 is 0 Å². The Bertz CT molecular complexity index is 3290. The standard InChI is InChI=1S/C59H46/c1-57(2)51-14-10-9-13-44(51)45-24-20-39(31-52(45)57)40-21-26-48-49-28-23-42(34-56(49)59(5,6)55(48)32-40)41-22-27-47-46-25-19-38(30-53(46)58(3,4)54(47)33-41)37-18-17-36-16-15-35-11-7-8-12-43(35)50(36)29-37/h7-34H,1-6H3. The first-order valence-electron chi connectivity index (χ1n) is 21.2. The lowest BCUT2D eigenvalue weighted by Crippen LogP contribution is -2.16. The molecule has 12 rings (SSSR count). The van der Waals surface area contributed by atoms with Crippen molar-refractivity contribution in [2.24, 2.45) is 0 Å². The molecule has 0 radical (unpaired) electrons. The molecule has 0 saturated heterocycles. The summed E-state index contributed by atoms with van der Waals surface area (Å²) in [5.41, 5.74) is 24.0. The molecule has 0 N–H and O–H groups in total. The molecule has 0 bridgehead atoms. The average Bonchev–Trinajstić information content (AvgIpc) is 3.74. The second-order valence-electron chi connectivity index (χ2n) is 18.9. The van der Waals surface area contributed by atoms with Gasteiger partial charge in [0, 0.05) is 16.2 Å². The highest BCUT2D eigenvalue weighted by atomic mass is 14.4. The predicted octanol–water partition coefficient (Wildman–Crippen LogP) is 15.9. The third-order valence-electron chi connectivity index (χ3n) is 14.7. The van der Waals surface area contributed by atoms with Gasteiger partial charge in [0.1, 0.15) is 0 Å². The monoisotopic (exact) mass is 754 g/mol. The van der Waals surface area contributed by atoms with E-state index in [1.807, 2.05) is 0 Å². The first-order chi connectivity index (χ1) is 28.5. The van der Waals surface area contributed by atoms with E-state index >= 15 is 0 Å². The molecule has 0 atom stereocenters. The van der Waals surface area contributed by atoms with E-state index in [-0.39, 0.29) is 16.2 Å². The molecule has 0 unspecified atom stereocenters. The zero-order chi connectivity index (χ0) is 40.0. The number of benzene rings is 9. The molecule has 3 aliphatic rings. The van der Waals surface area contributed by atoms with Crippen molar-refractivity contribution < 1.29 is 0 Å². The van der Waals surface area contributed by atoms with Crippen LogP contribution in [-0.2, 0) is 16.2 Å². The van der Waals surface area contributed by atoms with E-state index in [0.29, 0.717) is 0 Å². The molecule has 0 aromatic heterocycles. The van der Waals surface area contributed by atoms with Crippen molar-refractivity contribution in [2.75, 3.05) is 0 Å². The lowest BCUT2D eigenvalue weighted by Gasteiger charge is -2.24. The van der Waals surface area contributed by atoms with Gasteiger partial charge in [-0.3, -0.25) is 0 Å². The van der Waals surface area contributed by atoms with Crippen LogP contribution in [0.1, 0.15) is 74.9 Å². The number of hydrogen-bond donors (Lipinski definition) is 0. The van der Waals surface area contributed by atoms with Crippen molar-refractivity contribution in [2.45, 2.75) is 57.8 Å². The van der Waals surface area contributed by atoms with E-state index in [1.54, 1.807) is 0 Å². The fourth-order valence-electron chi connectivity index (χ4n) is 11.3. The van der Waals surface area contributed by atoms with Crippen LogP contribution in [0.5, 0.6) is 0 Å². The van der Waals surface area contributed by atoms with Crippen LogP contribution in [0.25, 0.3) is 88.3 Å². The summed E-state index contributed by atoms with van der Waals surface area (Å²) in [4.78, 5) is 0. The molecule has 0 heteroatoms. The van der Waals surface area contributed by atoms with Crippen LogP contribution in [0.2, 0.25) is 0 Å². The quantitative estimate of drug-likeness (QED) is 0.158. The zero-order valence-electron chi connectivity index (χ0n) is 34.7. The molecule has 9 aromatic carbocycles. The van der Waals surface area contributed by atoms with Gasteiger partial charge in [0.2, 0.25) is 0 Å². The normalized spacial score (nSPS) is 15.7. The molecule has 9 aromatic rings. The summed E-state index contributed by atoms with van der Waals surface area (Å²) in [6, 6.07) is 64.8. The first kappa shape index (κ1) is 34.5. The van der Waals surface area contributed by atoms with Gasteiger partial charge in [0.25, 0.3) is 0 Å². The average molecular weight is 755 g/mol. The van der Waals surface area contributed by atoms with Crippen molar-refractivity contribution in [3.8, 4) is 66.8 Å². The van der Waals surface area contributed by atoms with Gasteiger partial charge in [0.15, 0.2) is 0 Å². The molecule has 0 fully saturated rings. The molecule has 3 aliphatic carbocycles. The Kier molecular flexibility index (Phi) is 6.91. The molecular formula is C59H46. The Morgan fingerprint density at radius 3 is 1.00 bits per heavy atom. The van der Waals surface area contributed by atoms with Crippen molar-refractivity contribution in [1.29, 1.82) is 0 Å². The van der Waals surface area contributed by atoms with Crippen molar-refractivity contribution >= 4 is 21.5 Å². The number of fused-ring (bicyclic) bond motifs is 12. The molecule has 0 saturated carbocycles. The predicted molar refractivity (Wildman–Crippen MR) is 250 cm³/mol. The summed E-state index contributed by atoms with van der Waals surface area (Å²) in [5, 5.41) is 5.18. The Morgan fingerprint density at radius 1 is 0.237 bits per heavy atom. The topological polar surface area (TPSA) is 0 Å². The SMILES string of the molecule is CC1(C)c2ccccc2-c2ccc(-c3ccc4c(c3)C(C)(C)c3cc(-c5ccc6c(c5)C(C)(C)c5cc(-c7ccc8ccc9ccccc9c8c7)ccc5-6)ccc3-4)cc21. The maximum atomic E-state index is 2.47. The van der Waals surface area contributed by atoms with E-state index < -0.39 is 0 Å². The molecule has 0 amide bonds. The Morgan fingerprint density at radius 2 is 0.542 bits per heavy atom. The zero-order valence-corrected chi connectivity index (χ0v) is 34.7. The van der Waals surface area contributed by atoms with Crippen LogP contribution in [0.3, 0.4) is 0 Å². The summed E-state index contributed by atoms with van der Waals surface area (Å²) in [6.07, 6.45) is 0. The minimum absolute atomic E-state index is 0.0168. The molecule has 282 valence electrons. The fourth-order valence-corrected chi connectivity index (χ4v) is 11.3. The number of hydrogen-bond acceptors (Lipinski definition) is 0. The molecule has 0 heterocycles. The molecular weight excluding hydrogens is 709 g/mol. The fraction of sp³-hybridized carbons (Fsp3) is 0.153. The highest BCUT2D eigenvalue weighted by Crippen LogP contribution is 2.54. The smallest absolute Gasteiger partial charge is 0.0159 e. The largest absolute Gasteiger partial charge is 0.0619 e. The van der Waals surface area contributed by atoms with Gasteiger partial charge >= 0.3 is 0 Å². The summed E-state index contributed by atoms with van der Waals surface area (Å²) in [5.74, 6) is 0. The van der Waals surface area contributed by atoms with E-state index in [2.05, 4.69) is 211 Å². The molecule has 0 nitrogen and oxygen atoms in total. The van der Waals surface area contributed by atoms with Gasteiger partial charge < -0.3 is 0 Å². The van der Waals surface area contributed by atoms with Gasteiger partial charge in [-0.15, -0.1) is 0 Å². The number of rotatable bonds is 3. The minimum atomic E-state index is -0.127. The highest BCUT2D eigenvalue weighted by molar-refractivity contribution is 6.08. The minimum Gasteiger partial charge on any atom is -0.0619 e.